The highest BCUT2D eigenvalue weighted by Crippen LogP contribution is 2.54. The second kappa shape index (κ2) is 7.31. The maximum atomic E-state index is 11.5. The molecular weight excluding hydrogens is 280 g/mol. The van der Waals surface area contributed by atoms with Gasteiger partial charge in [0.1, 0.15) is 13.4 Å². The zero-order chi connectivity index (χ0) is 15.5. The van der Waals surface area contributed by atoms with Gasteiger partial charge in [0.05, 0.1) is 18.6 Å². The molecule has 0 amide bonds. The van der Waals surface area contributed by atoms with Crippen LogP contribution in [-0.2, 0) is 19.0 Å². The zero-order valence-electron chi connectivity index (χ0n) is 14.0. The molecule has 0 aromatic heterocycles. The minimum atomic E-state index is -0.131. The average Bonchev–Trinajstić information content (AvgIpc) is 2.51. The van der Waals surface area contributed by atoms with E-state index in [1.807, 2.05) is 13.8 Å². The highest BCUT2D eigenvalue weighted by molar-refractivity contribution is 5.71. The van der Waals surface area contributed by atoms with Crippen LogP contribution in [0.15, 0.2) is 0 Å². The van der Waals surface area contributed by atoms with E-state index in [9.17, 15) is 4.79 Å². The van der Waals surface area contributed by atoms with Crippen LogP contribution in [-0.4, -0.2) is 32.1 Å². The number of hydrogen-bond donors (Lipinski definition) is 0. The van der Waals surface area contributed by atoms with E-state index in [2.05, 4.69) is 0 Å². The normalized spacial score (nSPS) is 37.3. The van der Waals surface area contributed by atoms with Crippen LogP contribution in [0.25, 0.3) is 0 Å². The average molecular weight is 310 g/mol. The van der Waals surface area contributed by atoms with Crippen LogP contribution < -0.4 is 0 Å². The number of ether oxygens (including phenoxy) is 3. The molecule has 0 N–H and O–H groups in total. The fourth-order valence-electron chi connectivity index (χ4n) is 4.84. The zero-order valence-corrected chi connectivity index (χ0v) is 14.0. The minimum absolute atomic E-state index is 0.0238. The predicted molar refractivity (Wildman–Crippen MR) is 83.2 cm³/mol. The van der Waals surface area contributed by atoms with E-state index in [0.29, 0.717) is 26.1 Å². The van der Waals surface area contributed by atoms with Crippen molar-refractivity contribution in [2.24, 2.45) is 29.6 Å². The molecule has 4 bridgehead atoms. The molecule has 126 valence electrons. The summed E-state index contributed by atoms with van der Waals surface area (Å²) in [6.45, 7) is 4.97. The van der Waals surface area contributed by atoms with Crippen molar-refractivity contribution >= 4 is 5.97 Å². The molecule has 1 unspecified atom stereocenters. The number of carbonyl (C=O) groups is 1. The van der Waals surface area contributed by atoms with Gasteiger partial charge in [0.15, 0.2) is 0 Å². The van der Waals surface area contributed by atoms with Crippen molar-refractivity contribution < 1.29 is 19.0 Å². The molecule has 4 rings (SSSR count). The van der Waals surface area contributed by atoms with Crippen molar-refractivity contribution in [2.45, 2.75) is 58.5 Å². The summed E-state index contributed by atoms with van der Waals surface area (Å²) in [6, 6.07) is 0. The Hall–Kier alpha value is -0.610. The van der Waals surface area contributed by atoms with Crippen LogP contribution in [0.5, 0.6) is 0 Å². The van der Waals surface area contributed by atoms with Gasteiger partial charge in [-0.25, -0.2) is 0 Å². The Balaban J connectivity index is 1.29. The molecule has 0 radical (unpaired) electrons. The van der Waals surface area contributed by atoms with Gasteiger partial charge in [-0.05, 0) is 62.2 Å². The molecule has 22 heavy (non-hydrogen) atoms. The highest BCUT2D eigenvalue weighted by Gasteiger charge is 2.48. The largest absolute Gasteiger partial charge is 0.463 e. The first-order valence-corrected chi connectivity index (χ1v) is 9.03. The van der Waals surface area contributed by atoms with E-state index in [1.165, 1.54) is 32.1 Å². The molecule has 4 nitrogen and oxygen atoms in total. The highest BCUT2D eigenvalue weighted by atomic mass is 16.7. The molecule has 4 aliphatic carbocycles. The molecule has 0 heterocycles. The SMILES string of the molecule is CCC(C)C(=O)OCCOCOC1C2CC3CC(C2)CC1C3. The first-order chi connectivity index (χ1) is 10.7. The van der Waals surface area contributed by atoms with Crippen LogP contribution in [0.1, 0.15) is 52.4 Å². The summed E-state index contributed by atoms with van der Waals surface area (Å²) in [6.07, 6.45) is 8.16. The summed E-state index contributed by atoms with van der Waals surface area (Å²) in [7, 11) is 0. The van der Waals surface area contributed by atoms with Crippen molar-refractivity contribution in [2.75, 3.05) is 20.0 Å². The van der Waals surface area contributed by atoms with Gasteiger partial charge in [0.2, 0.25) is 0 Å². The fourth-order valence-corrected chi connectivity index (χ4v) is 4.84. The first kappa shape index (κ1) is 16.3. The molecule has 4 aliphatic rings. The van der Waals surface area contributed by atoms with Gasteiger partial charge < -0.3 is 14.2 Å². The monoisotopic (exact) mass is 310 g/mol. The summed E-state index contributed by atoms with van der Waals surface area (Å²) < 4.78 is 16.7. The van der Waals surface area contributed by atoms with Gasteiger partial charge in [0.25, 0.3) is 0 Å². The lowest BCUT2D eigenvalue weighted by atomic mass is 9.55. The van der Waals surface area contributed by atoms with Crippen molar-refractivity contribution in [3.05, 3.63) is 0 Å². The summed E-state index contributed by atoms with van der Waals surface area (Å²) >= 11 is 0. The van der Waals surface area contributed by atoms with E-state index >= 15 is 0 Å². The molecule has 0 aromatic rings. The van der Waals surface area contributed by atoms with E-state index in [-0.39, 0.29) is 11.9 Å². The van der Waals surface area contributed by atoms with Crippen molar-refractivity contribution in [1.82, 2.24) is 0 Å². The molecule has 0 aromatic carbocycles. The Bertz CT molecular complexity index is 353. The van der Waals surface area contributed by atoms with E-state index in [4.69, 9.17) is 14.2 Å². The Kier molecular flexibility index (Phi) is 5.40. The van der Waals surface area contributed by atoms with Crippen LogP contribution in [0, 0.1) is 29.6 Å². The number of carbonyl (C=O) groups excluding carboxylic acids is 1. The summed E-state index contributed by atoms with van der Waals surface area (Å²) in [5.41, 5.74) is 0. The second-order valence-electron chi connectivity index (χ2n) is 7.56. The van der Waals surface area contributed by atoms with E-state index in [0.717, 1.165) is 30.1 Å². The summed E-state index contributed by atoms with van der Waals surface area (Å²) in [5.74, 6) is 3.33. The van der Waals surface area contributed by atoms with E-state index in [1.54, 1.807) is 0 Å². The Morgan fingerprint density at radius 1 is 1.05 bits per heavy atom. The lowest BCUT2D eigenvalue weighted by Crippen LogP contribution is -2.49. The van der Waals surface area contributed by atoms with Crippen LogP contribution in [0.3, 0.4) is 0 Å². The number of hydrogen-bond acceptors (Lipinski definition) is 4. The van der Waals surface area contributed by atoms with Gasteiger partial charge in [-0.1, -0.05) is 13.8 Å². The van der Waals surface area contributed by atoms with Crippen molar-refractivity contribution in [3.63, 3.8) is 0 Å². The van der Waals surface area contributed by atoms with Gasteiger partial charge in [-0.15, -0.1) is 0 Å². The molecule has 4 fully saturated rings. The third-order valence-corrected chi connectivity index (χ3v) is 5.97. The molecule has 1 atom stereocenters. The third kappa shape index (κ3) is 3.65. The summed E-state index contributed by atoms with van der Waals surface area (Å²) in [4.78, 5) is 11.5. The molecule has 0 saturated heterocycles. The lowest BCUT2D eigenvalue weighted by Gasteiger charge is -2.53. The standard InChI is InChI=1S/C18H30O4/c1-3-12(2)18(19)21-5-4-20-11-22-17-15-7-13-6-14(9-15)10-16(17)8-13/h12-17H,3-11H2,1-2H3. The second-order valence-corrected chi connectivity index (χ2v) is 7.56. The lowest BCUT2D eigenvalue weighted by molar-refractivity contribution is -0.180. The van der Waals surface area contributed by atoms with Gasteiger partial charge in [-0.3, -0.25) is 4.79 Å². The van der Waals surface area contributed by atoms with Crippen LogP contribution >= 0.6 is 0 Å². The maximum absolute atomic E-state index is 11.5. The van der Waals surface area contributed by atoms with E-state index < -0.39 is 0 Å². The van der Waals surface area contributed by atoms with Crippen LogP contribution in [0.2, 0.25) is 0 Å². The number of esters is 1. The van der Waals surface area contributed by atoms with Gasteiger partial charge in [0, 0.05) is 0 Å². The smallest absolute Gasteiger partial charge is 0.308 e. The summed E-state index contributed by atoms with van der Waals surface area (Å²) in [5, 5.41) is 0. The number of rotatable bonds is 8. The molecule has 4 heteroatoms. The van der Waals surface area contributed by atoms with Gasteiger partial charge >= 0.3 is 5.97 Å². The maximum Gasteiger partial charge on any atom is 0.308 e. The van der Waals surface area contributed by atoms with Crippen LogP contribution in [0.4, 0.5) is 0 Å². The minimum Gasteiger partial charge on any atom is -0.463 e. The van der Waals surface area contributed by atoms with Crippen molar-refractivity contribution in [3.8, 4) is 0 Å². The first-order valence-electron chi connectivity index (χ1n) is 9.03. The molecular formula is C18H30O4. The Morgan fingerprint density at radius 3 is 2.27 bits per heavy atom. The molecule has 4 saturated carbocycles. The Labute approximate surface area is 133 Å². The van der Waals surface area contributed by atoms with Gasteiger partial charge in [-0.2, -0.15) is 0 Å². The van der Waals surface area contributed by atoms with Crippen molar-refractivity contribution in [1.29, 1.82) is 0 Å². The quantitative estimate of drug-likeness (QED) is 0.391. The molecule has 0 aliphatic heterocycles. The Morgan fingerprint density at radius 2 is 1.68 bits per heavy atom. The fraction of sp³-hybridized carbons (Fsp3) is 0.944. The topological polar surface area (TPSA) is 44.8 Å². The third-order valence-electron chi connectivity index (χ3n) is 5.97. The molecule has 0 spiro atoms. The predicted octanol–water partition coefficient (Wildman–Crippen LogP) is 3.39.